The van der Waals surface area contributed by atoms with Crippen molar-refractivity contribution in [2.45, 2.75) is 12.8 Å². The van der Waals surface area contributed by atoms with Gasteiger partial charge in [0.15, 0.2) is 11.6 Å². The number of anilines is 1. The van der Waals surface area contributed by atoms with Gasteiger partial charge in [-0.3, -0.25) is 4.79 Å². The average Bonchev–Trinajstić information content (AvgIpc) is 2.45. The molecule has 1 amide bonds. The highest BCUT2D eigenvalue weighted by atomic mass is 19.1. The zero-order chi connectivity index (χ0) is 14.7. The predicted molar refractivity (Wildman–Crippen MR) is 70.1 cm³/mol. The minimum atomic E-state index is -0.765. The Kier molecular flexibility index (Phi) is 4.18. The number of benzene rings is 1. The van der Waals surface area contributed by atoms with Crippen LogP contribution in [0.5, 0.6) is 0 Å². The number of amides is 1. The molecule has 20 heavy (non-hydrogen) atoms. The molecule has 2 rings (SSSR count). The molecule has 1 N–H and O–H groups in total. The standard InChI is InChI=1S/C14H15F2N3O/c1-18-14(20)10-3-2-4-19(8-10)13-11(15)5-9(7-17)6-12(13)16/h5-6,10H,2-4,8H2,1H3,(H,18,20). The van der Waals surface area contributed by atoms with E-state index in [9.17, 15) is 13.6 Å². The third kappa shape index (κ3) is 2.72. The first-order chi connectivity index (χ1) is 9.56. The maximum atomic E-state index is 14.0. The van der Waals surface area contributed by atoms with E-state index in [1.54, 1.807) is 13.1 Å². The Morgan fingerprint density at radius 2 is 2.10 bits per heavy atom. The number of nitrogens with one attached hydrogen (secondary N) is 1. The molecule has 1 unspecified atom stereocenters. The number of rotatable bonds is 2. The van der Waals surface area contributed by atoms with Crippen molar-refractivity contribution in [2.75, 3.05) is 25.0 Å². The minimum Gasteiger partial charge on any atom is -0.366 e. The van der Waals surface area contributed by atoms with Crippen LogP contribution in [0.15, 0.2) is 12.1 Å². The third-order valence-corrected chi connectivity index (χ3v) is 3.50. The summed E-state index contributed by atoms with van der Waals surface area (Å²) >= 11 is 0. The molecule has 0 radical (unpaired) electrons. The molecule has 1 aliphatic heterocycles. The van der Waals surface area contributed by atoms with Crippen LogP contribution in [0.2, 0.25) is 0 Å². The van der Waals surface area contributed by atoms with Crippen LogP contribution in [-0.2, 0) is 4.79 Å². The normalized spacial score (nSPS) is 18.5. The number of halogens is 2. The highest BCUT2D eigenvalue weighted by Gasteiger charge is 2.28. The second kappa shape index (κ2) is 5.87. The molecule has 1 saturated heterocycles. The first-order valence-corrected chi connectivity index (χ1v) is 6.42. The monoisotopic (exact) mass is 279 g/mol. The Morgan fingerprint density at radius 1 is 1.45 bits per heavy atom. The van der Waals surface area contributed by atoms with Gasteiger partial charge >= 0.3 is 0 Å². The van der Waals surface area contributed by atoms with Gasteiger partial charge in [-0.1, -0.05) is 0 Å². The molecule has 0 bridgehead atoms. The molecular formula is C14H15F2N3O. The molecule has 1 heterocycles. The Hall–Kier alpha value is -2.16. The fraction of sp³-hybridized carbons (Fsp3) is 0.429. The summed E-state index contributed by atoms with van der Waals surface area (Å²) in [7, 11) is 1.55. The van der Waals surface area contributed by atoms with Crippen LogP contribution >= 0.6 is 0 Å². The van der Waals surface area contributed by atoms with Crippen molar-refractivity contribution in [1.82, 2.24) is 5.32 Å². The number of piperidine rings is 1. The third-order valence-electron chi connectivity index (χ3n) is 3.50. The van der Waals surface area contributed by atoms with Crippen molar-refractivity contribution in [3.8, 4) is 6.07 Å². The Morgan fingerprint density at radius 3 is 2.65 bits per heavy atom. The molecular weight excluding hydrogens is 264 g/mol. The molecule has 1 aliphatic rings. The number of carbonyl (C=O) groups is 1. The summed E-state index contributed by atoms with van der Waals surface area (Å²) in [5, 5.41) is 11.2. The smallest absolute Gasteiger partial charge is 0.224 e. The van der Waals surface area contributed by atoms with E-state index in [4.69, 9.17) is 5.26 Å². The highest BCUT2D eigenvalue weighted by molar-refractivity contribution is 5.79. The first-order valence-electron chi connectivity index (χ1n) is 6.42. The van der Waals surface area contributed by atoms with Gasteiger partial charge in [0.2, 0.25) is 5.91 Å². The summed E-state index contributed by atoms with van der Waals surface area (Å²) in [5.41, 5.74) is -0.207. The highest BCUT2D eigenvalue weighted by Crippen LogP contribution is 2.29. The minimum absolute atomic E-state index is 0.0522. The molecule has 1 aromatic carbocycles. The van der Waals surface area contributed by atoms with Crippen LogP contribution in [-0.4, -0.2) is 26.0 Å². The van der Waals surface area contributed by atoms with Gasteiger partial charge in [0.25, 0.3) is 0 Å². The van der Waals surface area contributed by atoms with Crippen molar-refractivity contribution in [2.24, 2.45) is 5.92 Å². The van der Waals surface area contributed by atoms with E-state index < -0.39 is 11.6 Å². The zero-order valence-electron chi connectivity index (χ0n) is 11.1. The number of nitrogens with zero attached hydrogens (tertiary/aromatic N) is 2. The van der Waals surface area contributed by atoms with Gasteiger partial charge in [-0.05, 0) is 25.0 Å². The van der Waals surface area contributed by atoms with Crippen LogP contribution < -0.4 is 10.2 Å². The number of carbonyl (C=O) groups excluding carboxylic acids is 1. The number of hydrogen-bond donors (Lipinski definition) is 1. The largest absolute Gasteiger partial charge is 0.366 e. The van der Waals surface area contributed by atoms with E-state index in [1.807, 2.05) is 0 Å². The summed E-state index contributed by atoms with van der Waals surface area (Å²) in [6.07, 6.45) is 1.40. The fourth-order valence-electron chi connectivity index (χ4n) is 2.53. The van der Waals surface area contributed by atoms with E-state index in [0.29, 0.717) is 19.4 Å². The lowest BCUT2D eigenvalue weighted by Crippen LogP contribution is -2.42. The summed E-state index contributed by atoms with van der Waals surface area (Å²) in [4.78, 5) is 13.2. The second-order valence-corrected chi connectivity index (χ2v) is 4.80. The summed E-state index contributed by atoms with van der Waals surface area (Å²) in [5.74, 6) is -1.93. The van der Waals surface area contributed by atoms with E-state index in [0.717, 1.165) is 12.1 Å². The molecule has 4 nitrogen and oxygen atoms in total. The topological polar surface area (TPSA) is 56.1 Å². The lowest BCUT2D eigenvalue weighted by atomic mass is 9.96. The fourth-order valence-corrected chi connectivity index (χ4v) is 2.53. The first kappa shape index (κ1) is 14.3. The lowest BCUT2D eigenvalue weighted by Gasteiger charge is -2.33. The van der Waals surface area contributed by atoms with E-state index in [1.165, 1.54) is 4.90 Å². The van der Waals surface area contributed by atoms with Crippen molar-refractivity contribution < 1.29 is 13.6 Å². The Balaban J connectivity index is 2.28. The summed E-state index contributed by atoms with van der Waals surface area (Å²) < 4.78 is 27.9. The maximum absolute atomic E-state index is 14.0. The molecule has 6 heteroatoms. The van der Waals surface area contributed by atoms with Crippen LogP contribution in [0.4, 0.5) is 14.5 Å². The number of nitriles is 1. The predicted octanol–water partition coefficient (Wildman–Crippen LogP) is 1.80. The molecule has 1 aromatic rings. The van der Waals surface area contributed by atoms with Crippen molar-refractivity contribution in [3.05, 3.63) is 29.3 Å². The van der Waals surface area contributed by atoms with Crippen LogP contribution in [0.3, 0.4) is 0 Å². The van der Waals surface area contributed by atoms with Crippen molar-refractivity contribution in [3.63, 3.8) is 0 Å². The summed E-state index contributed by atoms with van der Waals surface area (Å²) in [6, 6.07) is 3.74. The van der Waals surface area contributed by atoms with Crippen LogP contribution in [0, 0.1) is 28.9 Å². The van der Waals surface area contributed by atoms with Gasteiger partial charge in [-0.2, -0.15) is 5.26 Å². The van der Waals surface area contributed by atoms with E-state index >= 15 is 0 Å². The molecule has 0 aliphatic carbocycles. The van der Waals surface area contributed by atoms with Crippen LogP contribution in [0.1, 0.15) is 18.4 Å². The molecule has 0 spiro atoms. The SMILES string of the molecule is CNC(=O)C1CCCN(c2c(F)cc(C#N)cc2F)C1. The maximum Gasteiger partial charge on any atom is 0.224 e. The van der Waals surface area contributed by atoms with Gasteiger partial charge in [-0.25, -0.2) is 8.78 Å². The molecule has 106 valence electrons. The van der Waals surface area contributed by atoms with Gasteiger partial charge in [0, 0.05) is 20.1 Å². The van der Waals surface area contributed by atoms with Gasteiger partial charge < -0.3 is 10.2 Å². The summed E-state index contributed by atoms with van der Waals surface area (Å²) in [6.45, 7) is 0.770. The number of hydrogen-bond acceptors (Lipinski definition) is 3. The van der Waals surface area contributed by atoms with Gasteiger partial charge in [-0.15, -0.1) is 0 Å². The molecule has 1 fully saturated rings. The molecule has 0 aromatic heterocycles. The molecule has 1 atom stereocenters. The second-order valence-electron chi connectivity index (χ2n) is 4.80. The quantitative estimate of drug-likeness (QED) is 0.898. The van der Waals surface area contributed by atoms with E-state index in [2.05, 4.69) is 5.32 Å². The van der Waals surface area contributed by atoms with Crippen LogP contribution in [0.25, 0.3) is 0 Å². The van der Waals surface area contributed by atoms with Crippen molar-refractivity contribution in [1.29, 1.82) is 5.26 Å². The molecule has 0 saturated carbocycles. The Labute approximate surface area is 116 Å². The average molecular weight is 279 g/mol. The van der Waals surface area contributed by atoms with Gasteiger partial charge in [0.05, 0.1) is 17.6 Å². The van der Waals surface area contributed by atoms with Crippen molar-refractivity contribution >= 4 is 11.6 Å². The van der Waals surface area contributed by atoms with E-state index in [-0.39, 0.29) is 29.6 Å². The Bertz CT molecular complexity index is 545. The van der Waals surface area contributed by atoms with Gasteiger partial charge in [0.1, 0.15) is 5.69 Å². The zero-order valence-corrected chi connectivity index (χ0v) is 11.1. The lowest BCUT2D eigenvalue weighted by molar-refractivity contribution is -0.124.